The number of aromatic nitrogens is 3. The van der Waals surface area contributed by atoms with Gasteiger partial charge >= 0.3 is 0 Å². The van der Waals surface area contributed by atoms with E-state index in [0.29, 0.717) is 0 Å². The van der Waals surface area contributed by atoms with Crippen molar-refractivity contribution < 1.29 is 4.42 Å². The predicted molar refractivity (Wildman–Crippen MR) is 222 cm³/mol. The number of anilines is 3. The van der Waals surface area contributed by atoms with Gasteiger partial charge in [-0.3, -0.25) is 8.97 Å². The zero-order valence-corrected chi connectivity index (χ0v) is 29.2. The molecule has 0 bridgehead atoms. The molecule has 3 aromatic heterocycles. The Morgan fingerprint density at radius 3 is 1.93 bits per heavy atom. The third kappa shape index (κ3) is 4.76. The molecule has 0 radical (unpaired) electrons. The molecule has 0 saturated heterocycles. The molecule has 11 rings (SSSR count). The Morgan fingerprint density at radius 2 is 1.09 bits per heavy atom. The first-order valence-electron chi connectivity index (χ1n) is 18.2. The van der Waals surface area contributed by atoms with E-state index in [1.165, 1.54) is 11.1 Å². The standard InChI is InChI=1S/C49H32N4O/c1-3-12-33(13-4-1)34-22-26-38(27-23-34)52-45-31-30-39(32-46(45)53-44-20-9-8-19-43(44)50-49(52)53)51(36-14-5-2-6-15-36)37-28-24-35(25-29-37)40-17-11-18-42-41-16-7-10-21-47(41)54-48(40)42/h1-32H. The van der Waals surface area contributed by atoms with Crippen LogP contribution < -0.4 is 4.90 Å². The number of nitrogens with zero attached hydrogens (tertiary/aromatic N) is 4. The van der Waals surface area contributed by atoms with Crippen molar-refractivity contribution in [3.8, 4) is 27.9 Å². The third-order valence-electron chi connectivity index (χ3n) is 10.5. The number of hydrogen-bond acceptors (Lipinski definition) is 3. The van der Waals surface area contributed by atoms with E-state index in [0.717, 1.165) is 83.7 Å². The fraction of sp³-hybridized carbons (Fsp3) is 0. The zero-order chi connectivity index (χ0) is 35.6. The molecule has 0 amide bonds. The zero-order valence-electron chi connectivity index (χ0n) is 29.2. The van der Waals surface area contributed by atoms with Gasteiger partial charge in [-0.25, -0.2) is 4.98 Å². The summed E-state index contributed by atoms with van der Waals surface area (Å²) in [5.41, 5.74) is 14.8. The van der Waals surface area contributed by atoms with Gasteiger partial charge in [0, 0.05) is 39.1 Å². The average Bonchev–Trinajstić information content (AvgIpc) is 3.91. The molecule has 5 heteroatoms. The lowest BCUT2D eigenvalue weighted by atomic mass is 10.0. The molecule has 54 heavy (non-hydrogen) atoms. The summed E-state index contributed by atoms with van der Waals surface area (Å²) in [5, 5.41) is 2.26. The minimum Gasteiger partial charge on any atom is -0.455 e. The van der Waals surface area contributed by atoms with Crippen LogP contribution in [0.1, 0.15) is 0 Å². The SMILES string of the molecule is c1ccc(-c2ccc(-n3c4ccc(N(c5ccccc5)c5ccc(-c6cccc7c6oc6ccccc67)cc5)cc4n4c5ccccc5nc34)cc2)cc1. The Kier molecular flexibility index (Phi) is 6.79. The van der Waals surface area contributed by atoms with Crippen LogP contribution in [0.4, 0.5) is 17.1 Å². The van der Waals surface area contributed by atoms with Gasteiger partial charge < -0.3 is 9.32 Å². The second-order valence-corrected chi connectivity index (χ2v) is 13.7. The van der Waals surface area contributed by atoms with Gasteiger partial charge in [-0.05, 0) is 89.5 Å². The van der Waals surface area contributed by atoms with Crippen LogP contribution >= 0.6 is 0 Å². The highest BCUT2D eigenvalue weighted by atomic mass is 16.3. The summed E-state index contributed by atoms with van der Waals surface area (Å²) >= 11 is 0. The predicted octanol–water partition coefficient (Wildman–Crippen LogP) is 13.1. The van der Waals surface area contributed by atoms with Crippen LogP contribution in [-0.4, -0.2) is 14.0 Å². The van der Waals surface area contributed by atoms with Crippen LogP contribution in [0.15, 0.2) is 199 Å². The summed E-state index contributed by atoms with van der Waals surface area (Å²) in [7, 11) is 0. The van der Waals surface area contributed by atoms with Crippen molar-refractivity contribution in [2.45, 2.75) is 0 Å². The average molecular weight is 693 g/mol. The van der Waals surface area contributed by atoms with Crippen LogP contribution in [-0.2, 0) is 0 Å². The molecule has 11 aromatic rings. The second kappa shape index (κ2) is 12.1. The highest BCUT2D eigenvalue weighted by Crippen LogP contribution is 2.41. The molecule has 254 valence electrons. The van der Waals surface area contributed by atoms with Gasteiger partial charge in [-0.15, -0.1) is 0 Å². The van der Waals surface area contributed by atoms with E-state index < -0.39 is 0 Å². The molecule has 0 N–H and O–H groups in total. The molecule has 8 aromatic carbocycles. The van der Waals surface area contributed by atoms with Crippen LogP contribution in [0.3, 0.4) is 0 Å². The minimum atomic E-state index is 0.881. The number of fused-ring (bicyclic) bond motifs is 8. The quantitative estimate of drug-likeness (QED) is 0.174. The Morgan fingerprint density at radius 1 is 0.444 bits per heavy atom. The highest BCUT2D eigenvalue weighted by molar-refractivity contribution is 6.09. The van der Waals surface area contributed by atoms with Crippen molar-refractivity contribution in [1.82, 2.24) is 14.0 Å². The van der Waals surface area contributed by atoms with E-state index in [4.69, 9.17) is 9.40 Å². The summed E-state index contributed by atoms with van der Waals surface area (Å²) in [5.74, 6) is 0.881. The molecule has 0 fully saturated rings. The molecule has 0 atom stereocenters. The van der Waals surface area contributed by atoms with Gasteiger partial charge in [0.15, 0.2) is 0 Å². The van der Waals surface area contributed by atoms with Crippen LogP contribution in [0.25, 0.3) is 77.7 Å². The first-order chi connectivity index (χ1) is 26.8. The Hall–Kier alpha value is -7.37. The van der Waals surface area contributed by atoms with Crippen molar-refractivity contribution in [2.24, 2.45) is 0 Å². The number of furan rings is 1. The van der Waals surface area contributed by atoms with Crippen LogP contribution in [0, 0.1) is 0 Å². The Balaban J connectivity index is 1.06. The number of para-hydroxylation sites is 5. The third-order valence-corrected chi connectivity index (χ3v) is 10.5. The van der Waals surface area contributed by atoms with Crippen molar-refractivity contribution in [3.63, 3.8) is 0 Å². The van der Waals surface area contributed by atoms with E-state index in [1.54, 1.807) is 0 Å². The maximum absolute atomic E-state index is 6.39. The monoisotopic (exact) mass is 692 g/mol. The van der Waals surface area contributed by atoms with Crippen LogP contribution in [0.5, 0.6) is 0 Å². The molecule has 5 nitrogen and oxygen atoms in total. The first kappa shape index (κ1) is 30.3. The minimum absolute atomic E-state index is 0.881. The second-order valence-electron chi connectivity index (χ2n) is 13.7. The van der Waals surface area contributed by atoms with Crippen molar-refractivity contribution >= 4 is 66.8 Å². The maximum Gasteiger partial charge on any atom is 0.220 e. The maximum atomic E-state index is 6.39. The highest BCUT2D eigenvalue weighted by Gasteiger charge is 2.21. The van der Waals surface area contributed by atoms with E-state index in [-0.39, 0.29) is 0 Å². The fourth-order valence-corrected chi connectivity index (χ4v) is 8.00. The number of imidazole rings is 2. The number of rotatable bonds is 6. The molecule has 0 spiro atoms. The lowest BCUT2D eigenvalue weighted by molar-refractivity contribution is 0.670. The molecule has 3 heterocycles. The summed E-state index contributed by atoms with van der Waals surface area (Å²) in [6, 6.07) is 68.4. The summed E-state index contributed by atoms with van der Waals surface area (Å²) < 4.78 is 11.0. The van der Waals surface area contributed by atoms with E-state index in [9.17, 15) is 0 Å². The Bertz CT molecular complexity index is 3140. The largest absolute Gasteiger partial charge is 0.455 e. The van der Waals surface area contributed by atoms with Gasteiger partial charge in [0.2, 0.25) is 5.78 Å². The van der Waals surface area contributed by atoms with Crippen molar-refractivity contribution in [3.05, 3.63) is 194 Å². The smallest absolute Gasteiger partial charge is 0.220 e. The lowest BCUT2D eigenvalue weighted by Gasteiger charge is -2.26. The van der Waals surface area contributed by atoms with Crippen LogP contribution in [0.2, 0.25) is 0 Å². The fourth-order valence-electron chi connectivity index (χ4n) is 8.00. The first-order valence-corrected chi connectivity index (χ1v) is 18.2. The number of benzene rings is 8. The van der Waals surface area contributed by atoms with Gasteiger partial charge in [-0.1, -0.05) is 121 Å². The molecule has 0 saturated carbocycles. The normalized spacial score (nSPS) is 11.7. The Labute approximate surface area is 311 Å². The molecular weight excluding hydrogens is 661 g/mol. The van der Waals surface area contributed by atoms with E-state index >= 15 is 0 Å². The van der Waals surface area contributed by atoms with Gasteiger partial charge in [0.05, 0.1) is 22.1 Å². The van der Waals surface area contributed by atoms with Crippen molar-refractivity contribution in [1.29, 1.82) is 0 Å². The number of hydrogen-bond donors (Lipinski definition) is 0. The van der Waals surface area contributed by atoms with Gasteiger partial charge in [-0.2, -0.15) is 0 Å². The molecule has 0 unspecified atom stereocenters. The lowest BCUT2D eigenvalue weighted by Crippen LogP contribution is -2.09. The van der Waals surface area contributed by atoms with Gasteiger partial charge in [0.25, 0.3) is 0 Å². The molecular formula is C49H32N4O. The summed E-state index contributed by atoms with van der Waals surface area (Å²) in [6.07, 6.45) is 0. The van der Waals surface area contributed by atoms with Gasteiger partial charge in [0.1, 0.15) is 11.2 Å². The van der Waals surface area contributed by atoms with E-state index in [2.05, 4.69) is 196 Å². The van der Waals surface area contributed by atoms with Crippen molar-refractivity contribution in [2.75, 3.05) is 4.90 Å². The summed E-state index contributed by atoms with van der Waals surface area (Å²) in [4.78, 5) is 7.50. The topological polar surface area (TPSA) is 38.6 Å². The summed E-state index contributed by atoms with van der Waals surface area (Å²) in [6.45, 7) is 0. The molecule has 0 aliphatic heterocycles. The molecule has 0 aliphatic carbocycles. The molecule has 0 aliphatic rings. The van der Waals surface area contributed by atoms with E-state index in [1.807, 2.05) is 12.1 Å².